The summed E-state index contributed by atoms with van der Waals surface area (Å²) < 4.78 is 0. The molecule has 0 radical (unpaired) electrons. The van der Waals surface area contributed by atoms with Gasteiger partial charge in [0, 0.05) is 37.0 Å². The molecule has 30 heavy (non-hydrogen) atoms. The van der Waals surface area contributed by atoms with Crippen LogP contribution in [0.25, 0.3) is 0 Å². The van der Waals surface area contributed by atoms with Gasteiger partial charge in [0.1, 0.15) is 11.0 Å². The van der Waals surface area contributed by atoms with E-state index < -0.39 is 0 Å². The minimum Gasteiger partial charge on any atom is -0.356 e. The molecule has 1 fully saturated rings. The molecule has 3 rings (SSSR count). The van der Waals surface area contributed by atoms with Crippen LogP contribution >= 0.6 is 23.4 Å². The number of benzene rings is 1. The van der Waals surface area contributed by atoms with Crippen molar-refractivity contribution in [2.75, 3.05) is 31.1 Å². The Kier molecular flexibility index (Phi) is 9.24. The fraction of sp³-hybridized carbons (Fsp3) is 0.500. The van der Waals surface area contributed by atoms with Gasteiger partial charge in [-0.15, -0.1) is 0 Å². The predicted octanol–water partition coefficient (Wildman–Crippen LogP) is 4.27. The molecule has 2 aromatic rings. The molecule has 3 N–H and O–H groups in total. The van der Waals surface area contributed by atoms with Crippen molar-refractivity contribution in [1.82, 2.24) is 15.3 Å². The molecule has 1 aliphatic rings. The Morgan fingerprint density at radius 1 is 1.10 bits per heavy atom. The number of amides is 1. The maximum absolute atomic E-state index is 12.2. The SMILES string of the molecule is NCCCCCCNC(=O)c1ccc(CSc2nc(Cl)cc(N3CCCC3)n2)cc1. The third kappa shape index (κ3) is 7.15. The number of carbonyl (C=O) groups is 1. The molecule has 1 aromatic heterocycles. The Balaban J connectivity index is 1.47. The van der Waals surface area contributed by atoms with Gasteiger partial charge in [-0.05, 0) is 49.9 Å². The van der Waals surface area contributed by atoms with Crippen molar-refractivity contribution in [3.05, 3.63) is 46.6 Å². The number of nitrogens with zero attached hydrogens (tertiary/aromatic N) is 3. The fourth-order valence-corrected chi connectivity index (χ4v) is 4.42. The lowest BCUT2D eigenvalue weighted by atomic mass is 10.1. The molecule has 0 unspecified atom stereocenters. The van der Waals surface area contributed by atoms with Gasteiger partial charge in [-0.3, -0.25) is 4.79 Å². The molecule has 8 heteroatoms. The summed E-state index contributed by atoms with van der Waals surface area (Å²) in [4.78, 5) is 23.5. The molecule has 0 aliphatic carbocycles. The van der Waals surface area contributed by atoms with Crippen LogP contribution in [-0.2, 0) is 5.75 Å². The van der Waals surface area contributed by atoms with Gasteiger partial charge in [-0.1, -0.05) is 48.3 Å². The highest BCUT2D eigenvalue weighted by atomic mass is 35.5. The first kappa shape index (κ1) is 22.8. The number of hydrogen-bond acceptors (Lipinski definition) is 6. The zero-order valence-electron chi connectivity index (χ0n) is 17.3. The highest BCUT2D eigenvalue weighted by Crippen LogP contribution is 2.26. The number of hydrogen-bond donors (Lipinski definition) is 2. The van der Waals surface area contributed by atoms with Crippen LogP contribution in [0.2, 0.25) is 5.15 Å². The average Bonchev–Trinajstić information content (AvgIpc) is 3.30. The molecule has 2 heterocycles. The number of anilines is 1. The van der Waals surface area contributed by atoms with Crippen molar-refractivity contribution in [3.63, 3.8) is 0 Å². The van der Waals surface area contributed by atoms with Crippen LogP contribution in [0.15, 0.2) is 35.5 Å². The molecule has 1 aromatic carbocycles. The lowest BCUT2D eigenvalue weighted by Gasteiger charge is -2.16. The smallest absolute Gasteiger partial charge is 0.251 e. The van der Waals surface area contributed by atoms with Crippen molar-refractivity contribution in [2.45, 2.75) is 49.4 Å². The van der Waals surface area contributed by atoms with E-state index in [9.17, 15) is 4.79 Å². The first-order chi connectivity index (χ1) is 14.7. The number of nitrogens with two attached hydrogens (primary N) is 1. The number of unbranched alkanes of at least 4 members (excludes halogenated alkanes) is 3. The van der Waals surface area contributed by atoms with Gasteiger partial charge in [0.05, 0.1) is 0 Å². The van der Waals surface area contributed by atoms with E-state index >= 15 is 0 Å². The van der Waals surface area contributed by atoms with E-state index in [1.54, 1.807) is 11.8 Å². The molecule has 1 aliphatic heterocycles. The summed E-state index contributed by atoms with van der Waals surface area (Å²) in [7, 11) is 0. The minimum atomic E-state index is -0.0264. The highest BCUT2D eigenvalue weighted by Gasteiger charge is 2.15. The van der Waals surface area contributed by atoms with E-state index in [-0.39, 0.29) is 5.91 Å². The van der Waals surface area contributed by atoms with E-state index in [0.717, 1.165) is 62.5 Å². The largest absolute Gasteiger partial charge is 0.356 e. The predicted molar refractivity (Wildman–Crippen MR) is 124 cm³/mol. The number of carbonyl (C=O) groups excluding carboxylic acids is 1. The van der Waals surface area contributed by atoms with Crippen molar-refractivity contribution < 1.29 is 4.79 Å². The Morgan fingerprint density at radius 2 is 1.83 bits per heavy atom. The normalized spacial score (nSPS) is 13.6. The summed E-state index contributed by atoms with van der Waals surface area (Å²) in [6.07, 6.45) is 6.64. The first-order valence-electron chi connectivity index (χ1n) is 10.7. The zero-order valence-corrected chi connectivity index (χ0v) is 18.9. The van der Waals surface area contributed by atoms with Crippen LogP contribution in [0.3, 0.4) is 0 Å². The molecule has 1 amide bonds. The summed E-state index contributed by atoms with van der Waals surface area (Å²) in [5.41, 5.74) is 7.28. The molecule has 0 spiro atoms. The van der Waals surface area contributed by atoms with Crippen LogP contribution < -0.4 is 16.0 Å². The second kappa shape index (κ2) is 12.1. The zero-order chi connectivity index (χ0) is 21.2. The monoisotopic (exact) mass is 447 g/mol. The Labute approximate surface area is 188 Å². The van der Waals surface area contributed by atoms with Crippen LogP contribution in [0, 0.1) is 0 Å². The van der Waals surface area contributed by atoms with Crippen LogP contribution in [0.1, 0.15) is 54.4 Å². The van der Waals surface area contributed by atoms with Crippen LogP contribution in [0.4, 0.5) is 5.82 Å². The number of halogens is 1. The van der Waals surface area contributed by atoms with Crippen molar-refractivity contribution in [1.29, 1.82) is 0 Å². The summed E-state index contributed by atoms with van der Waals surface area (Å²) in [5, 5.41) is 4.14. The fourth-order valence-electron chi connectivity index (χ4n) is 3.39. The Morgan fingerprint density at radius 3 is 2.57 bits per heavy atom. The standard InChI is InChI=1S/C22H30ClN5OS/c23-19-15-20(28-13-5-6-14-28)27-22(26-19)30-16-17-7-9-18(10-8-17)21(29)25-12-4-2-1-3-11-24/h7-10,15H,1-6,11-14,16,24H2,(H,25,29). The van der Waals surface area contributed by atoms with Gasteiger partial charge in [-0.25, -0.2) is 9.97 Å². The highest BCUT2D eigenvalue weighted by molar-refractivity contribution is 7.98. The van der Waals surface area contributed by atoms with Gasteiger partial charge in [0.15, 0.2) is 5.16 Å². The van der Waals surface area contributed by atoms with Crippen molar-refractivity contribution in [3.8, 4) is 0 Å². The number of rotatable bonds is 11. The topological polar surface area (TPSA) is 84.1 Å². The second-order valence-corrected chi connectivity index (χ2v) is 8.80. The van der Waals surface area contributed by atoms with Gasteiger partial charge in [0.25, 0.3) is 5.91 Å². The summed E-state index contributed by atoms with van der Waals surface area (Å²) >= 11 is 7.76. The quantitative estimate of drug-likeness (QED) is 0.231. The molecule has 0 bridgehead atoms. The second-order valence-electron chi connectivity index (χ2n) is 7.47. The maximum atomic E-state index is 12.2. The third-order valence-corrected chi connectivity index (χ3v) is 6.20. The lowest BCUT2D eigenvalue weighted by Crippen LogP contribution is -2.24. The van der Waals surface area contributed by atoms with E-state index in [0.29, 0.717) is 22.4 Å². The van der Waals surface area contributed by atoms with Crippen molar-refractivity contribution in [2.24, 2.45) is 5.73 Å². The van der Waals surface area contributed by atoms with E-state index in [2.05, 4.69) is 20.2 Å². The molecular formula is C22H30ClN5OS. The van der Waals surface area contributed by atoms with E-state index in [1.165, 1.54) is 12.8 Å². The van der Waals surface area contributed by atoms with Crippen LogP contribution in [0.5, 0.6) is 0 Å². The van der Waals surface area contributed by atoms with E-state index in [1.807, 2.05) is 30.3 Å². The van der Waals surface area contributed by atoms with Gasteiger partial charge in [-0.2, -0.15) is 0 Å². The number of thioether (sulfide) groups is 1. The molecule has 0 saturated carbocycles. The first-order valence-corrected chi connectivity index (χ1v) is 12.0. The van der Waals surface area contributed by atoms with Crippen LogP contribution in [-0.4, -0.2) is 42.1 Å². The van der Waals surface area contributed by atoms with Gasteiger partial charge in [0.2, 0.25) is 0 Å². The third-order valence-electron chi connectivity index (χ3n) is 5.09. The Hall–Kier alpha value is -1.83. The Bertz CT molecular complexity index is 812. The van der Waals surface area contributed by atoms with E-state index in [4.69, 9.17) is 17.3 Å². The molecular weight excluding hydrogens is 418 g/mol. The molecule has 1 saturated heterocycles. The summed E-state index contributed by atoms with van der Waals surface area (Å²) in [6.45, 7) is 3.48. The molecule has 0 atom stereocenters. The van der Waals surface area contributed by atoms with Gasteiger partial charge < -0.3 is 16.0 Å². The lowest BCUT2D eigenvalue weighted by molar-refractivity contribution is 0.0953. The minimum absolute atomic E-state index is 0.0264. The van der Waals surface area contributed by atoms with Gasteiger partial charge >= 0.3 is 0 Å². The maximum Gasteiger partial charge on any atom is 0.251 e. The number of aromatic nitrogens is 2. The van der Waals surface area contributed by atoms with Crippen molar-refractivity contribution >= 4 is 35.1 Å². The average molecular weight is 448 g/mol. The number of nitrogens with one attached hydrogen (secondary N) is 1. The summed E-state index contributed by atoms with van der Waals surface area (Å²) in [5.74, 6) is 1.61. The molecule has 6 nitrogen and oxygen atoms in total. The summed E-state index contributed by atoms with van der Waals surface area (Å²) in [6, 6.07) is 9.54. The molecule has 162 valence electrons.